The van der Waals surface area contributed by atoms with E-state index in [4.69, 9.17) is 31.2 Å². The van der Waals surface area contributed by atoms with Gasteiger partial charge < -0.3 is 29.4 Å². The molecule has 1 fully saturated rings. The highest BCUT2D eigenvalue weighted by Gasteiger charge is 2.45. The summed E-state index contributed by atoms with van der Waals surface area (Å²) in [6.45, 7) is 0.295. The number of aliphatic hydroxyl groups is 1. The van der Waals surface area contributed by atoms with E-state index in [1.54, 1.807) is 17.9 Å². The van der Waals surface area contributed by atoms with Crippen molar-refractivity contribution in [2.24, 2.45) is 0 Å². The van der Waals surface area contributed by atoms with E-state index in [-0.39, 0.29) is 4.77 Å². The van der Waals surface area contributed by atoms with Crippen LogP contribution in [-0.4, -0.2) is 53.8 Å². The molecule has 0 bridgehead atoms. The maximum atomic E-state index is 10.6. The molecule has 0 aliphatic carbocycles. The number of aromatic nitrogens is 2. The third kappa shape index (κ3) is 2.87. The van der Waals surface area contributed by atoms with E-state index < -0.39 is 24.5 Å². The van der Waals surface area contributed by atoms with Gasteiger partial charge in [0.15, 0.2) is 23.5 Å². The van der Waals surface area contributed by atoms with Gasteiger partial charge in [-0.3, -0.25) is 4.57 Å². The van der Waals surface area contributed by atoms with Crippen molar-refractivity contribution >= 4 is 23.7 Å². The Hall–Kier alpha value is -2.04. The smallest absolute Gasteiger partial charge is 0.203 e. The molecule has 26 heavy (non-hydrogen) atoms. The van der Waals surface area contributed by atoms with Gasteiger partial charge in [0.05, 0.1) is 18.5 Å². The van der Waals surface area contributed by atoms with Crippen molar-refractivity contribution < 1.29 is 24.1 Å². The van der Waals surface area contributed by atoms with Gasteiger partial charge in [0.25, 0.3) is 0 Å². The highest BCUT2D eigenvalue weighted by Crippen LogP contribution is 2.41. The van der Waals surface area contributed by atoms with Gasteiger partial charge >= 0.3 is 0 Å². The van der Waals surface area contributed by atoms with E-state index in [2.05, 4.69) is 10.3 Å². The van der Waals surface area contributed by atoms with Gasteiger partial charge in [-0.05, 0) is 24.4 Å². The molecule has 0 spiro atoms. The molecule has 0 amide bonds. The van der Waals surface area contributed by atoms with Gasteiger partial charge in [0.2, 0.25) is 4.77 Å². The molecule has 2 unspecified atom stereocenters. The molecule has 2 aliphatic heterocycles. The molecule has 8 nitrogen and oxygen atoms in total. The summed E-state index contributed by atoms with van der Waals surface area (Å²) in [5, 5.41) is 13.8. The van der Waals surface area contributed by atoms with Crippen molar-refractivity contribution in [3.63, 3.8) is 0 Å². The van der Waals surface area contributed by atoms with Gasteiger partial charge in [0.1, 0.15) is 18.3 Å². The number of benzene rings is 1. The third-order valence-electron chi connectivity index (χ3n) is 4.46. The Morgan fingerprint density at radius 3 is 2.88 bits per heavy atom. The lowest BCUT2D eigenvalue weighted by Crippen LogP contribution is -2.35. The van der Waals surface area contributed by atoms with Crippen molar-refractivity contribution in [3.8, 4) is 11.5 Å². The largest absolute Gasteiger partial charge is 0.450 e. The van der Waals surface area contributed by atoms with Crippen LogP contribution in [0, 0.1) is 4.77 Å². The van der Waals surface area contributed by atoms with Gasteiger partial charge in [-0.1, -0.05) is 12.1 Å². The van der Waals surface area contributed by atoms with Crippen molar-refractivity contribution in [1.29, 1.82) is 0 Å². The summed E-state index contributed by atoms with van der Waals surface area (Å²) >= 11 is 5.40. The molecule has 1 aromatic heterocycles. The Morgan fingerprint density at radius 2 is 2.12 bits per heavy atom. The highest BCUT2D eigenvalue weighted by atomic mass is 32.1. The van der Waals surface area contributed by atoms with Crippen molar-refractivity contribution in [2.45, 2.75) is 24.5 Å². The molecule has 0 saturated carbocycles. The maximum absolute atomic E-state index is 10.6. The minimum atomic E-state index is -0.921. The van der Waals surface area contributed by atoms with E-state index in [1.165, 1.54) is 7.11 Å². The minimum absolute atomic E-state index is 0.260. The SMILES string of the molecule is COC[C@H]1O[C@@H](n2cc3c(nc2=S)Nc2ccccc2O3)C(O)C1OC. The lowest BCUT2D eigenvalue weighted by Gasteiger charge is -2.24. The van der Waals surface area contributed by atoms with Crippen LogP contribution >= 0.6 is 12.2 Å². The molecule has 9 heteroatoms. The molecular weight excluding hydrogens is 358 g/mol. The van der Waals surface area contributed by atoms with Crippen LogP contribution in [-0.2, 0) is 14.2 Å². The first-order chi connectivity index (χ1) is 12.6. The first-order valence-electron chi connectivity index (χ1n) is 8.14. The molecule has 4 atom stereocenters. The number of aliphatic hydroxyl groups excluding tert-OH is 1. The summed E-state index contributed by atoms with van der Waals surface area (Å²) in [7, 11) is 3.09. The van der Waals surface area contributed by atoms with Crippen LogP contribution in [0.5, 0.6) is 11.5 Å². The number of fused-ring (bicyclic) bond motifs is 2. The number of nitrogens with one attached hydrogen (secondary N) is 1. The molecule has 2 aliphatic rings. The topological polar surface area (TPSA) is 87.0 Å². The summed E-state index contributed by atoms with van der Waals surface area (Å²) in [6.07, 6.45) is -0.925. The zero-order valence-electron chi connectivity index (χ0n) is 14.3. The molecule has 2 N–H and O–H groups in total. The molecule has 3 heterocycles. The highest BCUT2D eigenvalue weighted by molar-refractivity contribution is 7.71. The van der Waals surface area contributed by atoms with Crippen LogP contribution in [0.25, 0.3) is 0 Å². The van der Waals surface area contributed by atoms with Crippen LogP contribution in [0.15, 0.2) is 30.5 Å². The first kappa shape index (κ1) is 17.4. The second kappa shape index (κ2) is 6.93. The van der Waals surface area contributed by atoms with Crippen LogP contribution in [0.2, 0.25) is 0 Å². The van der Waals surface area contributed by atoms with E-state index in [0.29, 0.717) is 23.9 Å². The zero-order chi connectivity index (χ0) is 18.3. The lowest BCUT2D eigenvalue weighted by atomic mass is 10.1. The predicted molar refractivity (Wildman–Crippen MR) is 95.4 cm³/mol. The molecule has 1 saturated heterocycles. The number of rotatable bonds is 4. The fraction of sp³-hybridized carbons (Fsp3) is 0.412. The third-order valence-corrected chi connectivity index (χ3v) is 4.77. The van der Waals surface area contributed by atoms with Crippen LogP contribution < -0.4 is 10.1 Å². The summed E-state index contributed by atoms with van der Waals surface area (Å²) in [6, 6.07) is 7.54. The standard InChI is InChI=1S/C17H19N3O5S/c1-22-8-12-14(23-2)13(21)16(25-12)20-7-11-15(19-17(20)26)18-9-5-3-4-6-10(9)24-11/h3-7,12-14,16,21H,8H2,1-2H3,(H,18,19,26)/t12-,13?,14?,16-/m1/s1. The van der Waals surface area contributed by atoms with Gasteiger partial charge in [-0.2, -0.15) is 4.98 Å². The Balaban J connectivity index is 1.68. The monoisotopic (exact) mass is 377 g/mol. The van der Waals surface area contributed by atoms with E-state index >= 15 is 0 Å². The van der Waals surface area contributed by atoms with Gasteiger partial charge in [0, 0.05) is 14.2 Å². The van der Waals surface area contributed by atoms with Crippen LogP contribution in [0.1, 0.15) is 6.23 Å². The van der Waals surface area contributed by atoms with E-state index in [0.717, 1.165) is 5.69 Å². The van der Waals surface area contributed by atoms with Gasteiger partial charge in [-0.25, -0.2) is 0 Å². The summed E-state index contributed by atoms with van der Waals surface area (Å²) < 4.78 is 24.2. The molecule has 2 aromatic rings. The fourth-order valence-electron chi connectivity index (χ4n) is 3.24. The maximum Gasteiger partial charge on any atom is 0.203 e. The fourth-order valence-corrected chi connectivity index (χ4v) is 3.49. The van der Waals surface area contributed by atoms with Crippen LogP contribution in [0.3, 0.4) is 0 Å². The Morgan fingerprint density at radius 1 is 1.31 bits per heavy atom. The number of anilines is 2. The Kier molecular flexibility index (Phi) is 4.63. The number of ether oxygens (including phenoxy) is 4. The number of hydrogen-bond donors (Lipinski definition) is 2. The first-order valence-corrected chi connectivity index (χ1v) is 8.55. The zero-order valence-corrected chi connectivity index (χ0v) is 15.1. The second-order valence-corrected chi connectivity index (χ2v) is 6.44. The normalized spacial score (nSPS) is 26.6. The number of para-hydroxylation sites is 2. The van der Waals surface area contributed by atoms with E-state index in [9.17, 15) is 5.11 Å². The summed E-state index contributed by atoms with van der Waals surface area (Å²) in [5.41, 5.74) is 0.816. The summed E-state index contributed by atoms with van der Waals surface area (Å²) in [5.74, 6) is 1.71. The van der Waals surface area contributed by atoms with Crippen molar-refractivity contribution in [1.82, 2.24) is 9.55 Å². The Labute approximate surface area is 155 Å². The van der Waals surface area contributed by atoms with E-state index in [1.807, 2.05) is 24.3 Å². The number of methoxy groups -OCH3 is 2. The average Bonchev–Trinajstić information content (AvgIpc) is 2.95. The van der Waals surface area contributed by atoms with Crippen molar-refractivity contribution in [3.05, 3.63) is 35.2 Å². The number of nitrogens with zero attached hydrogens (tertiary/aromatic N) is 2. The van der Waals surface area contributed by atoms with Gasteiger partial charge in [-0.15, -0.1) is 0 Å². The molecule has 138 valence electrons. The summed E-state index contributed by atoms with van der Waals surface area (Å²) in [4.78, 5) is 4.39. The quantitative estimate of drug-likeness (QED) is 0.670. The van der Waals surface area contributed by atoms with Crippen LogP contribution in [0.4, 0.5) is 11.5 Å². The molecule has 0 radical (unpaired) electrons. The lowest BCUT2D eigenvalue weighted by molar-refractivity contribution is -0.0635. The van der Waals surface area contributed by atoms with Crippen molar-refractivity contribution in [2.75, 3.05) is 26.1 Å². The number of hydrogen-bond acceptors (Lipinski definition) is 8. The predicted octanol–water partition coefficient (Wildman–Crippen LogP) is 2.38. The minimum Gasteiger partial charge on any atom is -0.450 e. The second-order valence-electron chi connectivity index (χ2n) is 6.08. The average molecular weight is 377 g/mol. The molecule has 1 aromatic carbocycles. The molecule has 4 rings (SSSR count). The Bertz CT molecular complexity index is 874. The molecular formula is C17H19N3O5S.